The molecule has 2 aromatic carbocycles. The summed E-state index contributed by atoms with van der Waals surface area (Å²) in [4.78, 5) is 29.1. The number of carbonyl (C=O) groups excluding carboxylic acids is 1. The lowest BCUT2D eigenvalue weighted by Gasteiger charge is -2.29. The van der Waals surface area contributed by atoms with E-state index in [0.29, 0.717) is 12.0 Å². The number of ketones is 1. The number of hydrogen-bond donors (Lipinski definition) is 1. The Kier molecular flexibility index (Phi) is 7.83. The second-order valence-electron chi connectivity index (χ2n) is 9.42. The number of aromatic nitrogens is 1. The second kappa shape index (κ2) is 10.3. The molecule has 180 valence electrons. The standard InChI is InChI=1S/C26H28FNO4S2/c1-25(2,3)23(31)26(4,5)34-24-28-19(15-33-24)12-13-32-21-11-8-17(14-20(21)22(29)30)16-6-9-18(27)10-7-16/h6-11,14-15H,12-13H2,1-5H3,(H,29,30). The van der Waals surface area contributed by atoms with E-state index in [1.54, 1.807) is 24.3 Å². The van der Waals surface area contributed by atoms with Crippen molar-refractivity contribution >= 4 is 34.9 Å². The highest BCUT2D eigenvalue weighted by atomic mass is 32.2. The second-order valence-corrected chi connectivity index (χ2v) is 12.1. The van der Waals surface area contributed by atoms with Crippen LogP contribution in [0.1, 0.15) is 50.7 Å². The molecule has 0 fully saturated rings. The summed E-state index contributed by atoms with van der Waals surface area (Å²) in [5, 5.41) is 11.6. The molecule has 0 aliphatic rings. The van der Waals surface area contributed by atoms with Crippen LogP contribution >= 0.6 is 23.1 Å². The number of hydrogen-bond acceptors (Lipinski definition) is 6. The number of Topliss-reactive ketones (excluding diaryl/α,β-unsaturated/α-hetero) is 1. The number of carbonyl (C=O) groups is 2. The maximum absolute atomic E-state index is 13.2. The molecule has 1 aromatic heterocycles. The van der Waals surface area contributed by atoms with Crippen LogP contribution in [0.4, 0.5) is 4.39 Å². The molecule has 0 atom stereocenters. The zero-order valence-electron chi connectivity index (χ0n) is 19.8. The van der Waals surface area contributed by atoms with Crippen molar-refractivity contribution in [1.29, 1.82) is 0 Å². The lowest BCUT2D eigenvalue weighted by atomic mass is 9.84. The molecule has 3 aromatic rings. The van der Waals surface area contributed by atoms with Crippen LogP contribution in [0.3, 0.4) is 0 Å². The highest BCUT2D eigenvalue weighted by Crippen LogP contribution is 2.39. The summed E-state index contributed by atoms with van der Waals surface area (Å²) in [6, 6.07) is 10.8. The van der Waals surface area contributed by atoms with Gasteiger partial charge in [0, 0.05) is 17.2 Å². The summed E-state index contributed by atoms with van der Waals surface area (Å²) >= 11 is 2.94. The van der Waals surface area contributed by atoms with Gasteiger partial charge in [0.2, 0.25) is 0 Å². The van der Waals surface area contributed by atoms with Crippen LogP contribution in [0.25, 0.3) is 11.1 Å². The van der Waals surface area contributed by atoms with Gasteiger partial charge in [0.1, 0.15) is 17.1 Å². The van der Waals surface area contributed by atoms with Crippen molar-refractivity contribution in [3.8, 4) is 16.9 Å². The van der Waals surface area contributed by atoms with Crippen molar-refractivity contribution < 1.29 is 23.8 Å². The molecule has 0 amide bonds. The maximum Gasteiger partial charge on any atom is 0.339 e. The Bertz CT molecular complexity index is 1180. The third-order valence-electron chi connectivity index (χ3n) is 5.10. The fourth-order valence-electron chi connectivity index (χ4n) is 3.53. The number of benzene rings is 2. The minimum atomic E-state index is -1.10. The largest absolute Gasteiger partial charge is 0.492 e. The number of halogens is 1. The Morgan fingerprint density at radius 2 is 1.71 bits per heavy atom. The highest BCUT2D eigenvalue weighted by Gasteiger charge is 2.37. The summed E-state index contributed by atoms with van der Waals surface area (Å²) in [5.74, 6) is -1.03. The number of thiazole rings is 1. The summed E-state index contributed by atoms with van der Waals surface area (Å²) in [6.45, 7) is 9.84. The van der Waals surface area contributed by atoms with E-state index < -0.39 is 16.1 Å². The first kappa shape index (κ1) is 25.9. The SMILES string of the molecule is CC(C)(C)C(=O)C(C)(C)Sc1nc(CCOc2ccc(-c3ccc(F)cc3)cc2C(=O)O)cs1. The Labute approximate surface area is 207 Å². The van der Waals surface area contributed by atoms with Crippen molar-refractivity contribution in [2.45, 2.75) is 50.1 Å². The van der Waals surface area contributed by atoms with E-state index in [0.717, 1.165) is 15.6 Å². The van der Waals surface area contributed by atoms with E-state index in [1.165, 1.54) is 41.3 Å². The molecule has 8 heteroatoms. The van der Waals surface area contributed by atoms with Crippen LogP contribution in [-0.4, -0.2) is 33.2 Å². The molecule has 0 saturated heterocycles. The maximum atomic E-state index is 13.2. The van der Waals surface area contributed by atoms with Gasteiger partial charge >= 0.3 is 5.97 Å². The van der Waals surface area contributed by atoms with E-state index in [4.69, 9.17) is 4.74 Å². The molecule has 1 N–H and O–H groups in total. The number of carboxylic acids is 1. The van der Waals surface area contributed by atoms with Gasteiger partial charge in [0.05, 0.1) is 17.0 Å². The van der Waals surface area contributed by atoms with Crippen LogP contribution in [0.15, 0.2) is 52.2 Å². The summed E-state index contributed by atoms with van der Waals surface area (Å²) in [6.07, 6.45) is 0.503. The van der Waals surface area contributed by atoms with E-state index in [2.05, 4.69) is 4.98 Å². The highest BCUT2D eigenvalue weighted by molar-refractivity contribution is 8.03. The first-order chi connectivity index (χ1) is 15.9. The molecule has 0 radical (unpaired) electrons. The molecule has 0 unspecified atom stereocenters. The number of aromatic carboxylic acids is 1. The first-order valence-corrected chi connectivity index (χ1v) is 12.5. The molecule has 0 bridgehead atoms. The topological polar surface area (TPSA) is 76.5 Å². The number of rotatable bonds is 9. The minimum Gasteiger partial charge on any atom is -0.492 e. The molecule has 1 heterocycles. The van der Waals surface area contributed by atoms with Gasteiger partial charge in [0.25, 0.3) is 0 Å². The van der Waals surface area contributed by atoms with E-state index >= 15 is 0 Å². The number of thioether (sulfide) groups is 1. The van der Waals surface area contributed by atoms with Gasteiger partial charge in [0.15, 0.2) is 10.1 Å². The summed E-state index contributed by atoms with van der Waals surface area (Å²) < 4.78 is 19.2. The van der Waals surface area contributed by atoms with Gasteiger partial charge in [-0.15, -0.1) is 11.3 Å². The Morgan fingerprint density at radius 1 is 1.06 bits per heavy atom. The third kappa shape index (κ3) is 6.45. The van der Waals surface area contributed by atoms with E-state index in [9.17, 15) is 19.1 Å². The average Bonchev–Trinajstić information content (AvgIpc) is 3.19. The smallest absolute Gasteiger partial charge is 0.339 e. The summed E-state index contributed by atoms with van der Waals surface area (Å²) in [7, 11) is 0. The van der Waals surface area contributed by atoms with Gasteiger partial charge in [-0.05, 0) is 49.2 Å². The number of nitrogens with zero attached hydrogens (tertiary/aromatic N) is 1. The van der Waals surface area contributed by atoms with Gasteiger partial charge in [-0.25, -0.2) is 14.2 Å². The van der Waals surface area contributed by atoms with Crippen molar-refractivity contribution in [3.63, 3.8) is 0 Å². The fourth-order valence-corrected chi connectivity index (χ4v) is 6.07. The van der Waals surface area contributed by atoms with Crippen LogP contribution in [0.5, 0.6) is 5.75 Å². The third-order valence-corrected chi connectivity index (χ3v) is 7.29. The molecular weight excluding hydrogens is 473 g/mol. The van der Waals surface area contributed by atoms with Gasteiger partial charge < -0.3 is 9.84 Å². The average molecular weight is 502 g/mol. The fraction of sp³-hybridized carbons (Fsp3) is 0.346. The Morgan fingerprint density at radius 3 is 2.32 bits per heavy atom. The lowest BCUT2D eigenvalue weighted by Crippen LogP contribution is -2.37. The molecule has 0 aliphatic heterocycles. The van der Waals surface area contributed by atoms with Gasteiger partial charge in [-0.3, -0.25) is 4.79 Å². The zero-order valence-corrected chi connectivity index (χ0v) is 21.5. The van der Waals surface area contributed by atoms with E-state index in [1.807, 2.05) is 40.0 Å². The Hall–Kier alpha value is -2.71. The van der Waals surface area contributed by atoms with Crippen LogP contribution < -0.4 is 4.74 Å². The van der Waals surface area contributed by atoms with Crippen LogP contribution in [-0.2, 0) is 11.2 Å². The normalized spacial score (nSPS) is 11.9. The number of carboxylic acid groups (broad SMARTS) is 1. The summed E-state index contributed by atoms with van der Waals surface area (Å²) in [5.41, 5.74) is 1.82. The molecular formula is C26H28FNO4S2. The van der Waals surface area contributed by atoms with Crippen LogP contribution in [0.2, 0.25) is 0 Å². The molecule has 0 saturated carbocycles. The number of ether oxygens (including phenoxy) is 1. The zero-order chi connectivity index (χ0) is 25.1. The van der Waals surface area contributed by atoms with Crippen molar-refractivity contribution in [1.82, 2.24) is 4.98 Å². The minimum absolute atomic E-state index is 0.0405. The van der Waals surface area contributed by atoms with E-state index in [-0.39, 0.29) is 29.5 Å². The predicted molar refractivity (Wildman–Crippen MR) is 135 cm³/mol. The van der Waals surface area contributed by atoms with Crippen molar-refractivity contribution in [2.75, 3.05) is 6.61 Å². The molecule has 3 rings (SSSR count). The molecule has 5 nitrogen and oxygen atoms in total. The first-order valence-electron chi connectivity index (χ1n) is 10.8. The predicted octanol–water partition coefficient (Wildman–Crippen LogP) is 6.75. The van der Waals surface area contributed by atoms with Gasteiger partial charge in [-0.2, -0.15) is 0 Å². The molecule has 0 spiro atoms. The van der Waals surface area contributed by atoms with Gasteiger partial charge in [-0.1, -0.05) is 50.7 Å². The van der Waals surface area contributed by atoms with Crippen molar-refractivity contribution in [2.24, 2.45) is 5.41 Å². The monoisotopic (exact) mass is 501 g/mol. The van der Waals surface area contributed by atoms with Crippen LogP contribution in [0, 0.1) is 11.2 Å². The Balaban J connectivity index is 1.64. The van der Waals surface area contributed by atoms with Crippen molar-refractivity contribution in [3.05, 3.63) is 64.9 Å². The molecule has 0 aliphatic carbocycles. The molecule has 34 heavy (non-hydrogen) atoms. The quantitative estimate of drug-likeness (QED) is 0.327. The lowest BCUT2D eigenvalue weighted by molar-refractivity contribution is -0.127.